The number of nitrogens with zero attached hydrogens (tertiary/aromatic N) is 2. The molecule has 0 radical (unpaired) electrons. The van der Waals surface area contributed by atoms with E-state index in [0.29, 0.717) is 12.0 Å². The van der Waals surface area contributed by atoms with Crippen molar-refractivity contribution < 1.29 is 0 Å². The number of hydrogen-bond donors (Lipinski definition) is 1. The first kappa shape index (κ1) is 11.3. The maximum atomic E-state index is 4.41. The van der Waals surface area contributed by atoms with Crippen LogP contribution >= 0.6 is 0 Å². The van der Waals surface area contributed by atoms with E-state index in [1.807, 2.05) is 0 Å². The second-order valence-corrected chi connectivity index (χ2v) is 5.90. The maximum Gasteiger partial charge on any atom is 0.0950 e. The molecule has 1 aliphatic heterocycles. The van der Waals surface area contributed by atoms with Crippen molar-refractivity contribution >= 4 is 0 Å². The van der Waals surface area contributed by atoms with Crippen LogP contribution in [0.1, 0.15) is 50.8 Å². The molecule has 3 nitrogen and oxygen atoms in total. The summed E-state index contributed by atoms with van der Waals surface area (Å²) in [5, 5.41) is 3.46. The first-order valence-corrected chi connectivity index (χ1v) is 7.00. The lowest BCUT2D eigenvalue weighted by atomic mass is 9.96. The minimum Gasteiger partial charge on any atom is -0.331 e. The summed E-state index contributed by atoms with van der Waals surface area (Å²) < 4.78 is 2.48. The molecule has 1 saturated carbocycles. The van der Waals surface area contributed by atoms with Crippen molar-refractivity contribution in [1.82, 2.24) is 14.9 Å². The van der Waals surface area contributed by atoms with E-state index < -0.39 is 0 Å². The van der Waals surface area contributed by atoms with Crippen LogP contribution in [0.5, 0.6) is 0 Å². The highest BCUT2D eigenvalue weighted by Crippen LogP contribution is 2.41. The highest BCUT2D eigenvalue weighted by molar-refractivity contribution is 5.11. The number of rotatable bonds is 2. The SMILES string of the molecule is CC1CCC(n2cncc2C2CCNC2)C1C. The molecule has 2 fully saturated rings. The van der Waals surface area contributed by atoms with E-state index in [1.54, 1.807) is 0 Å². The summed E-state index contributed by atoms with van der Waals surface area (Å²) in [5.41, 5.74) is 1.46. The Bertz CT molecular complexity index is 379. The molecule has 0 bridgehead atoms. The van der Waals surface area contributed by atoms with E-state index in [4.69, 9.17) is 0 Å². The molecule has 1 aromatic rings. The molecule has 2 heterocycles. The van der Waals surface area contributed by atoms with Gasteiger partial charge < -0.3 is 9.88 Å². The summed E-state index contributed by atoms with van der Waals surface area (Å²) in [6.45, 7) is 7.08. The molecule has 2 aliphatic rings. The van der Waals surface area contributed by atoms with Crippen LogP contribution in [0, 0.1) is 11.8 Å². The largest absolute Gasteiger partial charge is 0.331 e. The van der Waals surface area contributed by atoms with Crippen LogP contribution in [0.25, 0.3) is 0 Å². The van der Waals surface area contributed by atoms with Gasteiger partial charge in [-0.05, 0) is 37.6 Å². The van der Waals surface area contributed by atoms with Crippen LogP contribution in [0.15, 0.2) is 12.5 Å². The van der Waals surface area contributed by atoms with Gasteiger partial charge in [-0.3, -0.25) is 0 Å². The Balaban J connectivity index is 1.85. The Morgan fingerprint density at radius 1 is 1.29 bits per heavy atom. The van der Waals surface area contributed by atoms with Crippen molar-refractivity contribution in [2.45, 2.75) is 45.1 Å². The highest BCUT2D eigenvalue weighted by Gasteiger charge is 2.33. The second kappa shape index (κ2) is 4.45. The lowest BCUT2D eigenvalue weighted by molar-refractivity contribution is 0.343. The van der Waals surface area contributed by atoms with E-state index in [0.717, 1.165) is 24.9 Å². The summed E-state index contributed by atoms with van der Waals surface area (Å²) in [6, 6.07) is 0.683. The average molecular weight is 233 g/mol. The molecule has 0 aromatic carbocycles. The van der Waals surface area contributed by atoms with Crippen molar-refractivity contribution in [1.29, 1.82) is 0 Å². The molecule has 4 atom stereocenters. The summed E-state index contributed by atoms with van der Waals surface area (Å²) in [7, 11) is 0. The van der Waals surface area contributed by atoms with E-state index in [2.05, 4.69) is 41.2 Å². The molecule has 1 aliphatic carbocycles. The molecular formula is C14H23N3. The van der Waals surface area contributed by atoms with Gasteiger partial charge in [-0.25, -0.2) is 4.98 Å². The quantitative estimate of drug-likeness (QED) is 0.851. The first-order valence-electron chi connectivity index (χ1n) is 7.00. The maximum absolute atomic E-state index is 4.41. The van der Waals surface area contributed by atoms with Crippen molar-refractivity contribution in [3.05, 3.63) is 18.2 Å². The molecule has 0 amide bonds. The molecule has 4 unspecified atom stereocenters. The van der Waals surface area contributed by atoms with Gasteiger partial charge in [-0.15, -0.1) is 0 Å². The predicted octanol–water partition coefficient (Wildman–Crippen LogP) is 2.57. The van der Waals surface area contributed by atoms with Crippen molar-refractivity contribution in [3.63, 3.8) is 0 Å². The molecule has 1 aromatic heterocycles. The van der Waals surface area contributed by atoms with Gasteiger partial charge in [0.15, 0.2) is 0 Å². The van der Waals surface area contributed by atoms with Crippen LogP contribution in [0.2, 0.25) is 0 Å². The topological polar surface area (TPSA) is 29.9 Å². The Labute approximate surface area is 104 Å². The monoisotopic (exact) mass is 233 g/mol. The zero-order chi connectivity index (χ0) is 11.8. The molecule has 3 heteroatoms. The van der Waals surface area contributed by atoms with E-state index in [1.165, 1.54) is 25.0 Å². The number of aromatic nitrogens is 2. The van der Waals surface area contributed by atoms with Crippen molar-refractivity contribution in [3.8, 4) is 0 Å². The van der Waals surface area contributed by atoms with Gasteiger partial charge in [0.2, 0.25) is 0 Å². The molecule has 17 heavy (non-hydrogen) atoms. The molecule has 0 spiro atoms. The second-order valence-electron chi connectivity index (χ2n) is 5.90. The van der Waals surface area contributed by atoms with Crippen LogP contribution in [-0.4, -0.2) is 22.6 Å². The van der Waals surface area contributed by atoms with Gasteiger partial charge in [0.25, 0.3) is 0 Å². The Hall–Kier alpha value is -0.830. The molecule has 3 rings (SSSR count). The zero-order valence-electron chi connectivity index (χ0n) is 10.9. The fraction of sp³-hybridized carbons (Fsp3) is 0.786. The Morgan fingerprint density at radius 3 is 2.82 bits per heavy atom. The van der Waals surface area contributed by atoms with Crippen LogP contribution in [0.3, 0.4) is 0 Å². The molecule has 94 valence electrons. The fourth-order valence-corrected chi connectivity index (χ4v) is 3.55. The lowest BCUT2D eigenvalue weighted by Gasteiger charge is -2.23. The number of nitrogens with one attached hydrogen (secondary N) is 1. The predicted molar refractivity (Wildman–Crippen MR) is 69.1 cm³/mol. The summed E-state index contributed by atoms with van der Waals surface area (Å²) >= 11 is 0. The third kappa shape index (κ3) is 1.90. The van der Waals surface area contributed by atoms with Crippen molar-refractivity contribution in [2.75, 3.05) is 13.1 Å². The van der Waals surface area contributed by atoms with Crippen LogP contribution in [0.4, 0.5) is 0 Å². The molecular weight excluding hydrogens is 210 g/mol. The third-order valence-corrected chi connectivity index (χ3v) is 4.95. The van der Waals surface area contributed by atoms with Gasteiger partial charge in [0.05, 0.1) is 6.33 Å². The highest BCUT2D eigenvalue weighted by atomic mass is 15.1. The van der Waals surface area contributed by atoms with Crippen molar-refractivity contribution in [2.24, 2.45) is 11.8 Å². The van der Waals surface area contributed by atoms with Gasteiger partial charge in [-0.2, -0.15) is 0 Å². The Morgan fingerprint density at radius 2 is 2.18 bits per heavy atom. The fourth-order valence-electron chi connectivity index (χ4n) is 3.55. The minimum absolute atomic E-state index is 0.681. The van der Waals surface area contributed by atoms with E-state index >= 15 is 0 Å². The normalized spacial score (nSPS) is 37.8. The lowest BCUT2D eigenvalue weighted by Crippen LogP contribution is -2.18. The third-order valence-electron chi connectivity index (χ3n) is 4.95. The number of imidazole rings is 1. The average Bonchev–Trinajstić information content (AvgIpc) is 3.01. The standard InChI is InChI=1S/C14H23N3/c1-10-3-4-13(11(10)2)17-9-16-8-14(17)12-5-6-15-7-12/h8-13,15H,3-7H2,1-2H3. The summed E-state index contributed by atoms with van der Waals surface area (Å²) in [5.74, 6) is 2.33. The molecule has 1 saturated heterocycles. The van der Waals surface area contributed by atoms with Gasteiger partial charge in [0.1, 0.15) is 0 Å². The minimum atomic E-state index is 0.681. The summed E-state index contributed by atoms with van der Waals surface area (Å²) in [4.78, 5) is 4.41. The Kier molecular flexibility index (Phi) is 2.95. The van der Waals surface area contributed by atoms with Gasteiger partial charge in [0, 0.05) is 30.4 Å². The van der Waals surface area contributed by atoms with Crippen LogP contribution in [-0.2, 0) is 0 Å². The number of hydrogen-bond acceptors (Lipinski definition) is 2. The summed E-state index contributed by atoms with van der Waals surface area (Å²) in [6.07, 6.45) is 8.11. The van der Waals surface area contributed by atoms with Gasteiger partial charge >= 0.3 is 0 Å². The smallest absolute Gasteiger partial charge is 0.0950 e. The zero-order valence-corrected chi connectivity index (χ0v) is 10.9. The van der Waals surface area contributed by atoms with E-state index in [9.17, 15) is 0 Å². The van der Waals surface area contributed by atoms with E-state index in [-0.39, 0.29) is 0 Å². The first-order chi connectivity index (χ1) is 8.27. The molecule has 1 N–H and O–H groups in total. The van der Waals surface area contributed by atoms with Gasteiger partial charge in [-0.1, -0.05) is 13.8 Å². The van der Waals surface area contributed by atoms with Crippen LogP contribution < -0.4 is 5.32 Å².